The van der Waals surface area contributed by atoms with Gasteiger partial charge in [0.25, 0.3) is 0 Å². The highest BCUT2D eigenvalue weighted by Gasteiger charge is 2.05. The third-order valence-electron chi connectivity index (χ3n) is 1.80. The molecule has 106 valence electrons. The van der Waals surface area contributed by atoms with E-state index in [0.717, 1.165) is 21.2 Å². The molecule has 0 aliphatic carbocycles. The summed E-state index contributed by atoms with van der Waals surface area (Å²) >= 11 is 1.53. The number of hydrogen-bond acceptors (Lipinski definition) is 3. The van der Waals surface area contributed by atoms with Crippen LogP contribution in [0.5, 0.6) is 0 Å². The van der Waals surface area contributed by atoms with Crippen LogP contribution in [0.2, 0.25) is 0 Å². The van der Waals surface area contributed by atoms with Crippen molar-refractivity contribution in [3.8, 4) is 0 Å². The van der Waals surface area contributed by atoms with E-state index in [1.54, 1.807) is 0 Å². The Morgan fingerprint density at radius 1 is 1.00 bits per heavy atom. The molecule has 0 aromatic carbocycles. The normalized spacial score (nSPS) is 9.37. The van der Waals surface area contributed by atoms with Crippen molar-refractivity contribution in [2.24, 2.45) is 0 Å². The Balaban J connectivity index is 0. The minimum Gasteiger partial charge on any atom is -0.467 e. The van der Waals surface area contributed by atoms with Crippen molar-refractivity contribution < 1.29 is 6.16 Å². The molecule has 0 bridgehead atoms. The SMILES string of the molecule is C=C(C)NC(=C)CC(=C)OC(=C)CC(=C)SC(=C)C.[HH]. The lowest BCUT2D eigenvalue weighted by Crippen LogP contribution is -2.09. The first-order valence-corrected chi connectivity index (χ1v) is 6.67. The fourth-order valence-corrected chi connectivity index (χ4v) is 2.09. The average molecular weight is 279 g/mol. The average Bonchev–Trinajstić information content (AvgIpc) is 2.12. The minimum atomic E-state index is 0. The van der Waals surface area contributed by atoms with Crippen LogP contribution in [0.1, 0.15) is 28.1 Å². The van der Waals surface area contributed by atoms with Crippen LogP contribution in [0.4, 0.5) is 0 Å². The second-order valence-electron chi connectivity index (χ2n) is 4.38. The highest BCUT2D eigenvalue weighted by molar-refractivity contribution is 8.06. The van der Waals surface area contributed by atoms with Gasteiger partial charge in [0.15, 0.2) is 0 Å². The first-order valence-electron chi connectivity index (χ1n) is 5.85. The van der Waals surface area contributed by atoms with E-state index < -0.39 is 0 Å². The fraction of sp³-hybridized carbons (Fsp3) is 0.250. The van der Waals surface area contributed by atoms with Crippen molar-refractivity contribution in [1.29, 1.82) is 0 Å². The standard InChI is InChI=1S/C16H23NOS.H2/c1-11(2)17-13(5)9-14(6)18-15(7)10-16(8)19-12(3)4;/h17H,1,3,5-10H2,2,4H3;1H. The van der Waals surface area contributed by atoms with E-state index >= 15 is 0 Å². The zero-order valence-electron chi connectivity index (χ0n) is 12.0. The predicted octanol–water partition coefficient (Wildman–Crippen LogP) is 5.47. The molecule has 0 unspecified atom stereocenters. The highest BCUT2D eigenvalue weighted by Crippen LogP contribution is 2.28. The Kier molecular flexibility index (Phi) is 7.77. The van der Waals surface area contributed by atoms with Gasteiger partial charge in [-0.05, 0) is 23.7 Å². The molecule has 0 rings (SSSR count). The number of thioether (sulfide) groups is 1. The summed E-state index contributed by atoms with van der Waals surface area (Å²) in [6.07, 6.45) is 1.10. The van der Waals surface area contributed by atoms with Gasteiger partial charge in [-0.2, -0.15) is 0 Å². The number of rotatable bonds is 10. The van der Waals surface area contributed by atoms with Crippen LogP contribution in [0.25, 0.3) is 0 Å². The smallest absolute Gasteiger partial charge is 0.102 e. The molecule has 0 aliphatic heterocycles. The zero-order valence-corrected chi connectivity index (χ0v) is 12.8. The first kappa shape index (κ1) is 17.4. The third-order valence-corrected chi connectivity index (χ3v) is 2.58. The number of ether oxygens (including phenoxy) is 1. The molecule has 19 heavy (non-hydrogen) atoms. The lowest BCUT2D eigenvalue weighted by atomic mass is 10.3. The van der Waals surface area contributed by atoms with Gasteiger partial charge in [0.1, 0.15) is 11.5 Å². The molecular formula is C16H25NOS. The molecular weight excluding hydrogens is 254 g/mol. The predicted molar refractivity (Wildman–Crippen MR) is 89.3 cm³/mol. The van der Waals surface area contributed by atoms with Crippen LogP contribution < -0.4 is 5.32 Å². The van der Waals surface area contributed by atoms with Crippen LogP contribution in [0.3, 0.4) is 0 Å². The van der Waals surface area contributed by atoms with Gasteiger partial charge < -0.3 is 10.1 Å². The van der Waals surface area contributed by atoms with E-state index in [4.69, 9.17) is 4.74 Å². The molecule has 0 aliphatic rings. The Hall–Kier alpha value is -1.61. The number of hydrogen-bond donors (Lipinski definition) is 1. The summed E-state index contributed by atoms with van der Waals surface area (Å²) in [4.78, 5) is 1.94. The van der Waals surface area contributed by atoms with Crippen LogP contribution in [0, 0.1) is 0 Å². The Morgan fingerprint density at radius 2 is 1.53 bits per heavy atom. The van der Waals surface area contributed by atoms with Crippen LogP contribution in [0.15, 0.2) is 72.2 Å². The van der Waals surface area contributed by atoms with Gasteiger partial charge in [-0.15, -0.1) is 11.8 Å². The summed E-state index contributed by atoms with van der Waals surface area (Å²) in [5.41, 5.74) is 1.63. The van der Waals surface area contributed by atoms with E-state index in [1.165, 1.54) is 11.8 Å². The maximum atomic E-state index is 5.53. The maximum Gasteiger partial charge on any atom is 0.102 e. The molecule has 0 atom stereocenters. The van der Waals surface area contributed by atoms with Crippen molar-refractivity contribution in [2.75, 3.05) is 0 Å². The molecule has 0 heterocycles. The van der Waals surface area contributed by atoms with E-state index in [2.05, 4.69) is 44.8 Å². The Morgan fingerprint density at radius 3 is 2.00 bits per heavy atom. The summed E-state index contributed by atoms with van der Waals surface area (Å²) in [6, 6.07) is 0. The largest absolute Gasteiger partial charge is 0.467 e. The maximum absolute atomic E-state index is 5.53. The molecule has 0 fully saturated rings. The molecule has 0 saturated heterocycles. The van der Waals surface area contributed by atoms with Gasteiger partial charge in [-0.3, -0.25) is 0 Å². The molecule has 0 saturated carbocycles. The summed E-state index contributed by atoms with van der Waals surface area (Å²) in [7, 11) is 0. The van der Waals surface area contributed by atoms with Gasteiger partial charge >= 0.3 is 0 Å². The quantitative estimate of drug-likeness (QED) is 0.535. The van der Waals surface area contributed by atoms with Crippen LogP contribution in [-0.2, 0) is 4.74 Å². The van der Waals surface area contributed by atoms with Crippen molar-refractivity contribution in [3.63, 3.8) is 0 Å². The van der Waals surface area contributed by atoms with E-state index in [9.17, 15) is 0 Å². The first-order chi connectivity index (χ1) is 8.70. The Labute approximate surface area is 122 Å². The molecule has 0 radical (unpaired) electrons. The zero-order chi connectivity index (χ0) is 15.0. The fourth-order valence-electron chi connectivity index (χ4n) is 1.36. The molecule has 0 amide bonds. The number of allylic oxidation sites excluding steroid dienone is 3. The monoisotopic (exact) mass is 279 g/mol. The highest BCUT2D eigenvalue weighted by atomic mass is 32.2. The summed E-state index contributed by atoms with van der Waals surface area (Å²) in [5.74, 6) is 1.21. The second kappa shape index (κ2) is 8.48. The molecule has 3 heteroatoms. The summed E-state index contributed by atoms with van der Waals surface area (Å²) in [5, 5.41) is 3.02. The van der Waals surface area contributed by atoms with Gasteiger partial charge in [0, 0.05) is 25.7 Å². The van der Waals surface area contributed by atoms with Crippen LogP contribution in [-0.4, -0.2) is 0 Å². The third kappa shape index (κ3) is 10.0. The molecule has 0 aromatic heterocycles. The topological polar surface area (TPSA) is 21.3 Å². The van der Waals surface area contributed by atoms with Gasteiger partial charge in [0.05, 0.1) is 0 Å². The van der Waals surface area contributed by atoms with Crippen molar-refractivity contribution in [3.05, 3.63) is 72.2 Å². The number of nitrogens with one attached hydrogen (secondary N) is 1. The van der Waals surface area contributed by atoms with E-state index in [-0.39, 0.29) is 1.43 Å². The molecule has 2 nitrogen and oxygen atoms in total. The van der Waals surface area contributed by atoms with Crippen molar-refractivity contribution in [1.82, 2.24) is 5.32 Å². The van der Waals surface area contributed by atoms with Crippen LogP contribution >= 0.6 is 11.8 Å². The Bertz CT molecular complexity index is 398. The molecule has 1 N–H and O–H groups in total. The lowest BCUT2D eigenvalue weighted by Gasteiger charge is -2.14. The van der Waals surface area contributed by atoms with Crippen molar-refractivity contribution in [2.45, 2.75) is 26.7 Å². The van der Waals surface area contributed by atoms with Crippen molar-refractivity contribution >= 4 is 11.8 Å². The minimum absolute atomic E-state index is 0. The van der Waals surface area contributed by atoms with Gasteiger partial charge in [-0.25, -0.2) is 0 Å². The van der Waals surface area contributed by atoms with Gasteiger partial charge in [-0.1, -0.05) is 39.5 Å². The van der Waals surface area contributed by atoms with E-state index in [0.29, 0.717) is 24.4 Å². The summed E-state index contributed by atoms with van der Waals surface area (Å²) in [6.45, 7) is 26.9. The second-order valence-corrected chi connectivity index (χ2v) is 5.86. The lowest BCUT2D eigenvalue weighted by molar-refractivity contribution is 0.292. The van der Waals surface area contributed by atoms with E-state index in [1.807, 2.05) is 13.8 Å². The molecule has 0 spiro atoms. The van der Waals surface area contributed by atoms with Gasteiger partial charge in [0.2, 0.25) is 0 Å². The summed E-state index contributed by atoms with van der Waals surface area (Å²) < 4.78 is 5.53. The molecule has 0 aromatic rings.